The van der Waals surface area contributed by atoms with Crippen LogP contribution in [0, 0.1) is 0 Å². The van der Waals surface area contributed by atoms with Crippen molar-refractivity contribution in [1.29, 1.82) is 0 Å². The van der Waals surface area contributed by atoms with Crippen molar-refractivity contribution in [3.05, 3.63) is 224 Å². The predicted molar refractivity (Wildman–Crippen MR) is 261 cm³/mol. The van der Waals surface area contributed by atoms with E-state index in [1.807, 2.05) is 0 Å². The Bertz CT molecular complexity index is 3880. The number of rotatable bonds is 6. The van der Waals surface area contributed by atoms with Gasteiger partial charge in [-0.15, -0.1) is 0 Å². The van der Waals surface area contributed by atoms with Crippen molar-refractivity contribution >= 4 is 65.5 Å². The molecular weight excluding hydrogens is 767 g/mol. The highest BCUT2D eigenvalue weighted by molar-refractivity contribution is 6.15. The Kier molecular flexibility index (Phi) is 7.84. The van der Waals surface area contributed by atoms with Crippen molar-refractivity contribution in [2.75, 3.05) is 0 Å². The lowest BCUT2D eigenvalue weighted by atomic mass is 10.0. The average molecular weight is 804 g/mol. The zero-order valence-electron chi connectivity index (χ0n) is 34.1. The molecule has 5 heteroatoms. The van der Waals surface area contributed by atoms with E-state index in [9.17, 15) is 0 Å². The Balaban J connectivity index is 1.09. The van der Waals surface area contributed by atoms with Crippen LogP contribution in [0.1, 0.15) is 0 Å². The molecule has 0 radical (unpaired) electrons. The van der Waals surface area contributed by atoms with Gasteiger partial charge in [-0.2, -0.15) is 0 Å². The van der Waals surface area contributed by atoms with Crippen LogP contribution in [0.4, 0.5) is 0 Å². The van der Waals surface area contributed by atoms with Crippen molar-refractivity contribution in [1.82, 2.24) is 23.7 Å². The minimum atomic E-state index is 0.632. The van der Waals surface area contributed by atoms with Crippen molar-refractivity contribution in [2.45, 2.75) is 0 Å². The van der Waals surface area contributed by atoms with Crippen LogP contribution in [0.15, 0.2) is 224 Å². The lowest BCUT2D eigenvalue weighted by molar-refractivity contribution is 1.01. The lowest BCUT2D eigenvalue weighted by Crippen LogP contribution is -2.04. The van der Waals surface area contributed by atoms with Gasteiger partial charge in [-0.1, -0.05) is 152 Å². The highest BCUT2D eigenvalue weighted by Gasteiger charge is 2.24. The van der Waals surface area contributed by atoms with E-state index in [1.54, 1.807) is 0 Å². The van der Waals surface area contributed by atoms with Gasteiger partial charge in [-0.05, 0) is 95.1 Å². The summed E-state index contributed by atoms with van der Waals surface area (Å²) in [5.74, 6) is 0.632. The van der Waals surface area contributed by atoms with Crippen LogP contribution in [0.5, 0.6) is 0 Å². The van der Waals surface area contributed by atoms with Crippen LogP contribution in [-0.4, -0.2) is 23.7 Å². The van der Waals surface area contributed by atoms with E-state index in [4.69, 9.17) is 9.97 Å². The molecule has 63 heavy (non-hydrogen) atoms. The summed E-state index contributed by atoms with van der Waals surface area (Å²) in [7, 11) is 0. The molecule has 0 amide bonds. The number of para-hydroxylation sites is 4. The van der Waals surface area contributed by atoms with E-state index in [0.717, 1.165) is 77.5 Å². The normalized spacial score (nSPS) is 11.8. The van der Waals surface area contributed by atoms with Gasteiger partial charge >= 0.3 is 0 Å². The first-order chi connectivity index (χ1) is 31.3. The molecule has 0 spiro atoms. The van der Waals surface area contributed by atoms with E-state index in [0.29, 0.717) is 5.95 Å². The Morgan fingerprint density at radius 3 is 1.27 bits per heavy atom. The third kappa shape index (κ3) is 5.50. The zero-order valence-corrected chi connectivity index (χ0v) is 34.1. The molecule has 0 saturated heterocycles. The largest absolute Gasteiger partial charge is 0.309 e. The third-order valence-corrected chi connectivity index (χ3v) is 12.7. The second-order valence-electron chi connectivity index (χ2n) is 16.2. The van der Waals surface area contributed by atoms with Crippen LogP contribution < -0.4 is 0 Å². The zero-order chi connectivity index (χ0) is 41.4. The Labute approximate surface area is 363 Å². The highest BCUT2D eigenvalue weighted by Crippen LogP contribution is 2.42. The van der Waals surface area contributed by atoms with Crippen LogP contribution in [0.25, 0.3) is 116 Å². The maximum atomic E-state index is 5.65. The number of hydrogen-bond acceptors (Lipinski definition) is 2. The molecule has 0 aliphatic carbocycles. The summed E-state index contributed by atoms with van der Waals surface area (Å²) in [6.07, 6.45) is 0. The maximum Gasteiger partial charge on any atom is 0.235 e. The standard InChI is InChI=1S/C58H37N5/c1-5-17-38(18-6-1)40-29-33-53-48(35-40)46-26-14-16-28-51(46)63(53)58-59-55(39-19-7-2-8-20-39)57-56(60-58)49-37-42(31-34-54(49)62(57)44-23-11-4-12-24-44)41-30-32-52-47(36-41)45-25-13-15-27-50(45)61(52)43-21-9-3-10-22-43/h1-37H. The molecule has 0 N–H and O–H groups in total. The molecule has 0 aliphatic rings. The van der Waals surface area contributed by atoms with E-state index in [1.165, 1.54) is 32.9 Å². The minimum absolute atomic E-state index is 0.632. The van der Waals surface area contributed by atoms with Crippen molar-refractivity contribution in [2.24, 2.45) is 0 Å². The molecule has 0 saturated carbocycles. The van der Waals surface area contributed by atoms with Crippen molar-refractivity contribution < 1.29 is 0 Å². The second-order valence-corrected chi connectivity index (χ2v) is 16.2. The molecule has 0 atom stereocenters. The first kappa shape index (κ1) is 35.2. The van der Waals surface area contributed by atoms with Gasteiger partial charge in [0.25, 0.3) is 0 Å². The van der Waals surface area contributed by atoms with E-state index < -0.39 is 0 Å². The molecule has 4 heterocycles. The summed E-state index contributed by atoms with van der Waals surface area (Å²) in [5.41, 5.74) is 16.2. The third-order valence-electron chi connectivity index (χ3n) is 12.7. The summed E-state index contributed by atoms with van der Waals surface area (Å²) in [4.78, 5) is 11.2. The van der Waals surface area contributed by atoms with Crippen LogP contribution in [-0.2, 0) is 0 Å². The first-order valence-corrected chi connectivity index (χ1v) is 21.4. The molecule has 294 valence electrons. The molecule has 13 rings (SSSR count). The number of hydrogen-bond donors (Lipinski definition) is 0. The van der Waals surface area contributed by atoms with Crippen LogP contribution in [0.3, 0.4) is 0 Å². The van der Waals surface area contributed by atoms with E-state index in [2.05, 4.69) is 238 Å². The lowest BCUT2D eigenvalue weighted by Gasteiger charge is -2.13. The molecular formula is C58H37N5. The minimum Gasteiger partial charge on any atom is -0.309 e. The fourth-order valence-corrected chi connectivity index (χ4v) is 9.81. The molecule has 4 aromatic heterocycles. The van der Waals surface area contributed by atoms with Gasteiger partial charge in [0.05, 0.1) is 33.1 Å². The van der Waals surface area contributed by atoms with Crippen molar-refractivity contribution in [3.8, 4) is 50.8 Å². The Hall–Kier alpha value is -8.54. The van der Waals surface area contributed by atoms with Gasteiger partial charge in [0.15, 0.2) is 0 Å². The topological polar surface area (TPSA) is 40.6 Å². The van der Waals surface area contributed by atoms with Gasteiger partial charge < -0.3 is 9.13 Å². The monoisotopic (exact) mass is 803 g/mol. The number of nitrogens with zero attached hydrogens (tertiary/aromatic N) is 5. The molecule has 0 bridgehead atoms. The number of benzene rings is 9. The summed E-state index contributed by atoms with van der Waals surface area (Å²) in [6, 6.07) is 80.2. The van der Waals surface area contributed by atoms with Gasteiger partial charge in [0.2, 0.25) is 5.95 Å². The molecule has 0 unspecified atom stereocenters. The predicted octanol–water partition coefficient (Wildman–Crippen LogP) is 14.8. The highest BCUT2D eigenvalue weighted by atomic mass is 15.2. The van der Waals surface area contributed by atoms with Gasteiger partial charge in [-0.3, -0.25) is 4.57 Å². The summed E-state index contributed by atoms with van der Waals surface area (Å²) in [6.45, 7) is 0. The first-order valence-electron chi connectivity index (χ1n) is 21.4. The molecule has 0 aliphatic heterocycles. The number of fused-ring (bicyclic) bond motifs is 9. The van der Waals surface area contributed by atoms with Crippen molar-refractivity contribution in [3.63, 3.8) is 0 Å². The summed E-state index contributed by atoms with van der Waals surface area (Å²) in [5, 5.41) is 5.83. The average Bonchev–Trinajstić information content (AvgIpc) is 4.00. The Morgan fingerprint density at radius 1 is 0.270 bits per heavy atom. The van der Waals surface area contributed by atoms with Crippen LogP contribution in [0.2, 0.25) is 0 Å². The molecule has 5 nitrogen and oxygen atoms in total. The Morgan fingerprint density at radius 2 is 0.683 bits per heavy atom. The molecule has 9 aromatic carbocycles. The van der Waals surface area contributed by atoms with Gasteiger partial charge in [0, 0.05) is 43.9 Å². The van der Waals surface area contributed by atoms with Gasteiger partial charge in [0.1, 0.15) is 11.2 Å². The smallest absolute Gasteiger partial charge is 0.235 e. The van der Waals surface area contributed by atoms with E-state index >= 15 is 0 Å². The summed E-state index contributed by atoms with van der Waals surface area (Å²) < 4.78 is 6.96. The molecule has 0 fully saturated rings. The fraction of sp³-hybridized carbons (Fsp3) is 0. The van der Waals surface area contributed by atoms with Gasteiger partial charge in [-0.25, -0.2) is 9.97 Å². The SMILES string of the molecule is c1ccc(-c2ccc3c(c2)c2ccccc2n3-c2nc(-c3ccccc3)c3c(n2)c2cc(-c4ccc5c(c4)c4ccccc4n5-c4ccccc4)ccc2n3-c2ccccc2)cc1. The number of aromatic nitrogens is 5. The summed E-state index contributed by atoms with van der Waals surface area (Å²) >= 11 is 0. The second kappa shape index (κ2) is 14.0. The van der Waals surface area contributed by atoms with Crippen LogP contribution >= 0.6 is 0 Å². The quantitative estimate of drug-likeness (QED) is 0.168. The fourth-order valence-electron chi connectivity index (χ4n) is 9.81. The van der Waals surface area contributed by atoms with E-state index in [-0.39, 0.29) is 0 Å². The molecule has 13 aromatic rings. The maximum absolute atomic E-state index is 5.65.